The Morgan fingerprint density at radius 1 is 1.11 bits per heavy atom. The van der Waals surface area contributed by atoms with Crippen LogP contribution in [0.25, 0.3) is 0 Å². The Labute approximate surface area is 259 Å². The number of hydrogen-bond donors (Lipinski definition) is 1. The molecular formula is C32H39F3N4O6. The lowest BCUT2D eigenvalue weighted by Crippen LogP contribution is -2.46. The standard InChI is InChI=1S/C32H39F3N4O6/c1-18(2)28-37-27(45-38-28)13-8-21-14-25(32(33,34)35)29(36-16-21)44-23-11-12-26(24(15-23)31(41)42)39(20(4)17-43-5)30(40)22-9-6-19(3)7-10-22/h11-12,14-16,18-20,22H,6-10,13,17H2,1-5H3,(H,41,42)/t19?,20-,22?/m0/s1. The second-order valence-electron chi connectivity index (χ2n) is 12.0. The second-order valence-corrected chi connectivity index (χ2v) is 12.0. The molecule has 1 fully saturated rings. The molecule has 1 atom stereocenters. The zero-order valence-corrected chi connectivity index (χ0v) is 26.1. The first-order chi connectivity index (χ1) is 21.3. The maximum atomic E-state index is 14.1. The zero-order valence-electron chi connectivity index (χ0n) is 26.1. The number of ether oxygens (including phenoxy) is 2. The van der Waals surface area contributed by atoms with Crippen molar-refractivity contribution >= 4 is 17.6 Å². The molecule has 0 saturated heterocycles. The third kappa shape index (κ3) is 8.38. The van der Waals surface area contributed by atoms with Crippen LogP contribution in [0.2, 0.25) is 0 Å². The summed E-state index contributed by atoms with van der Waals surface area (Å²) in [6, 6.07) is 4.26. The van der Waals surface area contributed by atoms with E-state index in [4.69, 9.17) is 14.0 Å². The molecule has 0 aliphatic heterocycles. The molecule has 1 saturated carbocycles. The number of alkyl halides is 3. The molecule has 45 heavy (non-hydrogen) atoms. The molecule has 2 aromatic heterocycles. The van der Waals surface area contributed by atoms with E-state index in [1.165, 1.54) is 30.3 Å². The molecular weight excluding hydrogens is 593 g/mol. The van der Waals surface area contributed by atoms with Crippen molar-refractivity contribution in [1.29, 1.82) is 0 Å². The minimum Gasteiger partial charge on any atom is -0.478 e. The number of carboxylic acid groups (broad SMARTS) is 1. The van der Waals surface area contributed by atoms with Crippen molar-refractivity contribution in [3.63, 3.8) is 0 Å². The number of hydrogen-bond acceptors (Lipinski definition) is 8. The van der Waals surface area contributed by atoms with Crippen molar-refractivity contribution < 1.29 is 41.9 Å². The second kappa shape index (κ2) is 14.4. The van der Waals surface area contributed by atoms with Gasteiger partial charge in [0.1, 0.15) is 11.3 Å². The molecule has 0 unspecified atom stereocenters. The smallest absolute Gasteiger partial charge is 0.421 e. The maximum Gasteiger partial charge on any atom is 0.421 e. The highest BCUT2D eigenvalue weighted by molar-refractivity contribution is 6.03. The number of aromatic nitrogens is 3. The van der Waals surface area contributed by atoms with Gasteiger partial charge in [-0.05, 0) is 74.8 Å². The first-order valence-electron chi connectivity index (χ1n) is 15.0. The molecule has 1 aliphatic rings. The van der Waals surface area contributed by atoms with Gasteiger partial charge < -0.3 is 24.0 Å². The van der Waals surface area contributed by atoms with Crippen LogP contribution in [0.15, 0.2) is 35.0 Å². The molecule has 1 N–H and O–H groups in total. The number of anilines is 1. The number of carbonyl (C=O) groups excluding carboxylic acids is 1. The number of carbonyl (C=O) groups is 2. The Kier molecular flexibility index (Phi) is 10.8. The number of rotatable bonds is 12. The Balaban J connectivity index is 1.61. The highest BCUT2D eigenvalue weighted by Crippen LogP contribution is 2.39. The summed E-state index contributed by atoms with van der Waals surface area (Å²) in [4.78, 5) is 35.8. The van der Waals surface area contributed by atoms with Crippen LogP contribution in [-0.4, -0.2) is 51.9 Å². The number of aromatic carboxylic acids is 1. The van der Waals surface area contributed by atoms with Crippen molar-refractivity contribution in [2.75, 3.05) is 18.6 Å². The van der Waals surface area contributed by atoms with Crippen molar-refractivity contribution in [2.45, 2.75) is 84.4 Å². The summed E-state index contributed by atoms with van der Waals surface area (Å²) >= 11 is 0. The molecule has 10 nitrogen and oxygen atoms in total. The van der Waals surface area contributed by atoms with Gasteiger partial charge in [0, 0.05) is 31.6 Å². The maximum absolute atomic E-state index is 14.1. The van der Waals surface area contributed by atoms with E-state index in [2.05, 4.69) is 22.0 Å². The van der Waals surface area contributed by atoms with Crippen LogP contribution in [0.3, 0.4) is 0 Å². The molecule has 1 amide bonds. The molecule has 1 aromatic carbocycles. The summed E-state index contributed by atoms with van der Waals surface area (Å²) in [5.41, 5.74) is -1.02. The van der Waals surface area contributed by atoms with E-state index in [9.17, 15) is 27.9 Å². The van der Waals surface area contributed by atoms with Crippen LogP contribution in [0.5, 0.6) is 11.6 Å². The summed E-state index contributed by atoms with van der Waals surface area (Å²) in [5.74, 6) is -1.37. The molecule has 0 bridgehead atoms. The van der Waals surface area contributed by atoms with Gasteiger partial charge in [-0.3, -0.25) is 4.79 Å². The van der Waals surface area contributed by atoms with E-state index in [0.717, 1.165) is 25.0 Å². The Hall–Kier alpha value is -4.00. The summed E-state index contributed by atoms with van der Waals surface area (Å²) in [6.45, 7) is 7.84. The summed E-state index contributed by atoms with van der Waals surface area (Å²) in [6.07, 6.45) is 0.00519. The van der Waals surface area contributed by atoms with Gasteiger partial charge in [0.05, 0.1) is 23.9 Å². The van der Waals surface area contributed by atoms with E-state index >= 15 is 0 Å². The number of amides is 1. The van der Waals surface area contributed by atoms with Crippen LogP contribution >= 0.6 is 0 Å². The third-order valence-corrected chi connectivity index (χ3v) is 7.96. The predicted molar refractivity (Wildman–Crippen MR) is 158 cm³/mol. The largest absolute Gasteiger partial charge is 0.478 e. The van der Waals surface area contributed by atoms with Gasteiger partial charge in [0.25, 0.3) is 0 Å². The van der Waals surface area contributed by atoms with Crippen LogP contribution in [0.1, 0.15) is 92.5 Å². The number of carboxylic acids is 1. The molecule has 3 aromatic rings. The molecule has 13 heteroatoms. The molecule has 0 spiro atoms. The van der Waals surface area contributed by atoms with E-state index < -0.39 is 29.6 Å². The first-order valence-corrected chi connectivity index (χ1v) is 15.0. The summed E-state index contributed by atoms with van der Waals surface area (Å²) < 4.78 is 58.3. The molecule has 244 valence electrons. The van der Waals surface area contributed by atoms with E-state index in [1.807, 2.05) is 13.8 Å². The Morgan fingerprint density at radius 3 is 2.42 bits per heavy atom. The minimum absolute atomic E-state index is 0.0475. The van der Waals surface area contributed by atoms with Crippen LogP contribution in [0, 0.1) is 11.8 Å². The number of aryl methyl sites for hydroxylation is 2. The minimum atomic E-state index is -4.81. The monoisotopic (exact) mass is 632 g/mol. The average Bonchev–Trinajstić information content (AvgIpc) is 3.47. The molecule has 2 heterocycles. The van der Waals surface area contributed by atoms with Crippen molar-refractivity contribution in [3.8, 4) is 11.6 Å². The highest BCUT2D eigenvalue weighted by Gasteiger charge is 2.37. The molecule has 0 radical (unpaired) electrons. The van der Waals surface area contributed by atoms with Gasteiger partial charge in [0.15, 0.2) is 5.82 Å². The van der Waals surface area contributed by atoms with E-state index in [-0.39, 0.29) is 59.8 Å². The summed E-state index contributed by atoms with van der Waals surface area (Å²) in [7, 11) is 1.49. The summed E-state index contributed by atoms with van der Waals surface area (Å²) in [5, 5.41) is 14.0. The van der Waals surface area contributed by atoms with Crippen LogP contribution in [-0.2, 0) is 28.5 Å². The van der Waals surface area contributed by atoms with Crippen LogP contribution in [0.4, 0.5) is 18.9 Å². The number of nitrogens with zero attached hydrogens (tertiary/aromatic N) is 4. The first kappa shape index (κ1) is 33.9. The average molecular weight is 633 g/mol. The highest BCUT2D eigenvalue weighted by atomic mass is 19.4. The predicted octanol–water partition coefficient (Wildman–Crippen LogP) is 7.08. The fraction of sp³-hybridized carbons (Fsp3) is 0.531. The Morgan fingerprint density at radius 2 is 1.82 bits per heavy atom. The van der Waals surface area contributed by atoms with Crippen molar-refractivity contribution in [2.24, 2.45) is 11.8 Å². The number of halogens is 3. The quantitative estimate of drug-likeness (QED) is 0.223. The lowest BCUT2D eigenvalue weighted by molar-refractivity contribution is -0.139. The van der Waals surface area contributed by atoms with Crippen molar-refractivity contribution in [3.05, 3.63) is 58.9 Å². The Bertz CT molecular complexity index is 1480. The van der Waals surface area contributed by atoms with Gasteiger partial charge in [-0.15, -0.1) is 0 Å². The van der Waals surface area contributed by atoms with Gasteiger partial charge in [0.2, 0.25) is 17.7 Å². The fourth-order valence-electron chi connectivity index (χ4n) is 5.44. The molecule has 4 rings (SSSR count). The van der Waals surface area contributed by atoms with Gasteiger partial charge in [-0.2, -0.15) is 18.2 Å². The normalized spacial score (nSPS) is 17.7. The third-order valence-electron chi connectivity index (χ3n) is 7.96. The zero-order chi connectivity index (χ0) is 32.9. The fourth-order valence-corrected chi connectivity index (χ4v) is 5.44. The SMILES string of the molecule is COC[C@H](C)N(C(=O)C1CCC(C)CC1)c1ccc(Oc2ncc(CCc3nc(C(C)C)no3)cc2C(F)(F)F)cc1C(=O)O. The number of methoxy groups -OCH3 is 1. The van der Waals surface area contributed by atoms with Gasteiger partial charge in [-0.1, -0.05) is 25.9 Å². The molecule has 1 aliphatic carbocycles. The number of pyridine rings is 1. The van der Waals surface area contributed by atoms with Crippen molar-refractivity contribution in [1.82, 2.24) is 15.1 Å². The van der Waals surface area contributed by atoms with E-state index in [0.29, 0.717) is 30.5 Å². The van der Waals surface area contributed by atoms with Gasteiger partial charge in [-0.25, -0.2) is 9.78 Å². The van der Waals surface area contributed by atoms with Crippen LogP contribution < -0.4 is 9.64 Å². The number of benzene rings is 1. The topological polar surface area (TPSA) is 128 Å². The lowest BCUT2D eigenvalue weighted by Gasteiger charge is -2.35. The lowest BCUT2D eigenvalue weighted by atomic mass is 9.82. The van der Waals surface area contributed by atoms with Gasteiger partial charge >= 0.3 is 12.1 Å². The van der Waals surface area contributed by atoms with E-state index in [1.54, 1.807) is 6.92 Å².